The smallest absolute Gasteiger partial charge is 0.255 e. The maximum Gasteiger partial charge on any atom is 0.255 e. The number of hydrogen-bond acceptors (Lipinski definition) is 6. The van der Waals surface area contributed by atoms with Crippen molar-refractivity contribution in [3.63, 3.8) is 0 Å². The van der Waals surface area contributed by atoms with Gasteiger partial charge in [0.15, 0.2) is 11.5 Å². The molecule has 2 aromatic carbocycles. The van der Waals surface area contributed by atoms with E-state index >= 15 is 0 Å². The molecule has 33 heavy (non-hydrogen) atoms. The molecule has 2 aromatic rings. The number of methoxy groups -OCH3 is 2. The number of amides is 2. The van der Waals surface area contributed by atoms with Crippen LogP contribution < -0.4 is 25.0 Å². The Balaban J connectivity index is 1.65. The first-order chi connectivity index (χ1) is 16.2. The predicted molar refractivity (Wildman–Crippen MR) is 127 cm³/mol. The normalized spacial score (nSPS) is 16.4. The molecule has 0 radical (unpaired) electrons. The molecule has 1 atom stereocenters. The summed E-state index contributed by atoms with van der Waals surface area (Å²) in [5.41, 5.74) is 4.02. The highest BCUT2D eigenvalue weighted by Crippen LogP contribution is 2.40. The summed E-state index contributed by atoms with van der Waals surface area (Å²) in [7, 11) is 3.22. The first-order valence-electron chi connectivity index (χ1n) is 11.5. The van der Waals surface area contributed by atoms with Crippen LogP contribution >= 0.6 is 0 Å². The molecule has 2 heterocycles. The Bertz CT molecular complexity index is 990. The van der Waals surface area contributed by atoms with Gasteiger partial charge in [0.05, 0.1) is 20.3 Å². The predicted octanol–water partition coefficient (Wildman–Crippen LogP) is 2.34. The first-order valence-corrected chi connectivity index (χ1v) is 11.5. The van der Waals surface area contributed by atoms with Gasteiger partial charge in [-0.3, -0.25) is 9.59 Å². The lowest BCUT2D eigenvalue weighted by Gasteiger charge is -2.32. The van der Waals surface area contributed by atoms with E-state index in [1.165, 1.54) is 0 Å². The maximum atomic E-state index is 13.6. The van der Waals surface area contributed by atoms with Crippen molar-refractivity contribution in [2.45, 2.75) is 25.4 Å². The third-order valence-corrected chi connectivity index (χ3v) is 6.48. The summed E-state index contributed by atoms with van der Waals surface area (Å²) in [6.45, 7) is 4.88. The molecular weight excluding hydrogens is 420 g/mol. The molecular formula is C25H32N4O4. The number of piperazine rings is 1. The molecule has 4 rings (SSSR count). The summed E-state index contributed by atoms with van der Waals surface area (Å²) in [5, 5.41) is 6.12. The second-order valence-electron chi connectivity index (χ2n) is 8.32. The molecule has 176 valence electrons. The number of carbonyl (C=O) groups is 2. The number of carbonyl (C=O) groups excluding carboxylic acids is 2. The van der Waals surface area contributed by atoms with Crippen molar-refractivity contribution >= 4 is 18.0 Å². The third-order valence-electron chi connectivity index (χ3n) is 6.48. The van der Waals surface area contributed by atoms with Crippen LogP contribution in [0.1, 0.15) is 40.4 Å². The topological polar surface area (TPSA) is 83.1 Å². The molecule has 8 nitrogen and oxygen atoms in total. The molecule has 0 aromatic heterocycles. The number of fused-ring (bicyclic) bond motifs is 1. The van der Waals surface area contributed by atoms with E-state index in [2.05, 4.69) is 21.6 Å². The van der Waals surface area contributed by atoms with Gasteiger partial charge in [0.25, 0.3) is 5.91 Å². The summed E-state index contributed by atoms with van der Waals surface area (Å²) >= 11 is 0. The number of benzene rings is 2. The fraction of sp³-hybridized carbons (Fsp3) is 0.440. The van der Waals surface area contributed by atoms with Crippen LogP contribution in [0.25, 0.3) is 0 Å². The third kappa shape index (κ3) is 4.75. The Labute approximate surface area is 194 Å². The zero-order valence-corrected chi connectivity index (χ0v) is 19.3. The maximum absolute atomic E-state index is 13.6. The van der Waals surface area contributed by atoms with Crippen LogP contribution in [0, 0.1) is 0 Å². The van der Waals surface area contributed by atoms with Crippen molar-refractivity contribution in [1.29, 1.82) is 0 Å². The van der Waals surface area contributed by atoms with Gasteiger partial charge in [-0.2, -0.15) is 0 Å². The number of nitrogens with zero attached hydrogens (tertiary/aromatic N) is 2. The van der Waals surface area contributed by atoms with E-state index in [0.717, 1.165) is 61.4 Å². The van der Waals surface area contributed by atoms with Crippen molar-refractivity contribution < 1.29 is 19.1 Å². The average molecular weight is 453 g/mol. The van der Waals surface area contributed by atoms with Crippen LogP contribution in [0.15, 0.2) is 36.4 Å². The summed E-state index contributed by atoms with van der Waals surface area (Å²) in [4.78, 5) is 28.6. The van der Waals surface area contributed by atoms with Gasteiger partial charge in [0.2, 0.25) is 6.41 Å². The lowest BCUT2D eigenvalue weighted by atomic mass is 9.99. The minimum absolute atomic E-state index is 0.0464. The Hall–Kier alpha value is -3.26. The van der Waals surface area contributed by atoms with Crippen LogP contribution in [0.4, 0.5) is 5.69 Å². The molecule has 2 amide bonds. The summed E-state index contributed by atoms with van der Waals surface area (Å²) in [6, 6.07) is 11.7. The number of hydrogen-bond donors (Lipinski definition) is 2. The summed E-state index contributed by atoms with van der Waals surface area (Å²) < 4.78 is 10.9. The fourth-order valence-corrected chi connectivity index (χ4v) is 4.81. The standard InChI is InChI=1S/C25H32N4O4/c1-32-23-9-8-18(15-24(23)33-2)21(7-4-10-27-17-30)29-16-20-19(25(29)31)5-3-6-22(20)28-13-11-26-12-14-28/h3,5-6,8-9,15,17,21,26H,4,7,10-14,16H2,1-2H3,(H,27,30)/t21-/m1/s1. The molecule has 1 saturated heterocycles. The zero-order valence-electron chi connectivity index (χ0n) is 19.3. The van der Waals surface area contributed by atoms with E-state index < -0.39 is 0 Å². The Morgan fingerprint density at radius 1 is 1.12 bits per heavy atom. The van der Waals surface area contributed by atoms with E-state index in [4.69, 9.17) is 9.47 Å². The largest absolute Gasteiger partial charge is 0.493 e. The number of anilines is 1. The van der Waals surface area contributed by atoms with Gasteiger partial charge in [-0.25, -0.2) is 0 Å². The van der Waals surface area contributed by atoms with Crippen molar-refractivity contribution in [1.82, 2.24) is 15.5 Å². The van der Waals surface area contributed by atoms with Gasteiger partial charge in [-0.15, -0.1) is 0 Å². The average Bonchev–Trinajstić information content (AvgIpc) is 3.20. The van der Waals surface area contributed by atoms with E-state index in [1.54, 1.807) is 14.2 Å². The number of nitrogens with one attached hydrogen (secondary N) is 2. The van der Waals surface area contributed by atoms with Gasteiger partial charge in [-0.1, -0.05) is 12.1 Å². The monoisotopic (exact) mass is 452 g/mol. The molecule has 0 aliphatic carbocycles. The van der Waals surface area contributed by atoms with Gasteiger partial charge in [0.1, 0.15) is 0 Å². The van der Waals surface area contributed by atoms with Crippen molar-refractivity contribution in [2.24, 2.45) is 0 Å². The molecule has 2 aliphatic heterocycles. The molecule has 0 saturated carbocycles. The van der Waals surface area contributed by atoms with Crippen molar-refractivity contribution in [2.75, 3.05) is 51.8 Å². The van der Waals surface area contributed by atoms with E-state index in [9.17, 15) is 9.59 Å². The minimum Gasteiger partial charge on any atom is -0.493 e. The van der Waals surface area contributed by atoms with Gasteiger partial charge in [-0.05, 0) is 42.7 Å². The lowest BCUT2D eigenvalue weighted by molar-refractivity contribution is -0.109. The SMILES string of the molecule is COc1ccc([C@@H](CCCNC=O)N2Cc3c(cccc3N3CCNCC3)C2=O)cc1OC. The first kappa shape index (κ1) is 22.9. The number of rotatable bonds is 10. The Morgan fingerprint density at radius 2 is 1.91 bits per heavy atom. The fourth-order valence-electron chi connectivity index (χ4n) is 4.81. The van der Waals surface area contributed by atoms with Crippen LogP contribution in [0.5, 0.6) is 11.5 Å². The van der Waals surface area contributed by atoms with E-state index in [-0.39, 0.29) is 11.9 Å². The molecule has 1 fully saturated rings. The Kier molecular flexibility index (Phi) is 7.34. The molecule has 8 heteroatoms. The van der Waals surface area contributed by atoms with Crippen LogP contribution in [-0.4, -0.2) is 64.2 Å². The second-order valence-corrected chi connectivity index (χ2v) is 8.32. The highest BCUT2D eigenvalue weighted by Gasteiger charge is 2.36. The Morgan fingerprint density at radius 3 is 2.64 bits per heavy atom. The van der Waals surface area contributed by atoms with Crippen LogP contribution in [-0.2, 0) is 11.3 Å². The second kappa shape index (κ2) is 10.6. The van der Waals surface area contributed by atoms with Crippen LogP contribution in [0.3, 0.4) is 0 Å². The minimum atomic E-state index is -0.144. The quantitative estimate of drug-likeness (QED) is 0.425. The lowest BCUT2D eigenvalue weighted by Crippen LogP contribution is -2.43. The van der Waals surface area contributed by atoms with Crippen molar-refractivity contribution in [3.8, 4) is 11.5 Å². The van der Waals surface area contributed by atoms with Gasteiger partial charge in [0, 0.05) is 56.1 Å². The molecule has 0 spiro atoms. The van der Waals surface area contributed by atoms with E-state index in [0.29, 0.717) is 31.0 Å². The molecule has 2 N–H and O–H groups in total. The summed E-state index contributed by atoms with van der Waals surface area (Å²) in [6.07, 6.45) is 2.18. The van der Waals surface area contributed by atoms with Gasteiger partial charge >= 0.3 is 0 Å². The zero-order chi connectivity index (χ0) is 23.2. The molecule has 0 unspecified atom stereocenters. The van der Waals surface area contributed by atoms with Crippen LogP contribution in [0.2, 0.25) is 0 Å². The molecule has 0 bridgehead atoms. The van der Waals surface area contributed by atoms with E-state index in [1.807, 2.05) is 35.2 Å². The summed E-state index contributed by atoms with van der Waals surface area (Å²) in [5.74, 6) is 1.33. The highest BCUT2D eigenvalue weighted by atomic mass is 16.5. The highest BCUT2D eigenvalue weighted by molar-refractivity contribution is 6.00. The molecule has 2 aliphatic rings. The van der Waals surface area contributed by atoms with Crippen molar-refractivity contribution in [3.05, 3.63) is 53.1 Å². The van der Waals surface area contributed by atoms with Gasteiger partial charge < -0.3 is 29.9 Å². The number of ether oxygens (including phenoxy) is 2.